The molecule has 1 aromatic rings. The lowest BCUT2D eigenvalue weighted by Crippen LogP contribution is -2.15. The number of hydrogen-bond donors (Lipinski definition) is 1. The normalized spacial score (nSPS) is 19.8. The SMILES string of the molecule is COc1cc(F)c(C2CCCN2)c(OC)c1. The Balaban J connectivity index is 2.41. The highest BCUT2D eigenvalue weighted by Crippen LogP contribution is 2.35. The molecule has 16 heavy (non-hydrogen) atoms. The monoisotopic (exact) mass is 225 g/mol. The lowest BCUT2D eigenvalue weighted by atomic mass is 10.0. The Morgan fingerprint density at radius 3 is 2.69 bits per heavy atom. The summed E-state index contributed by atoms with van der Waals surface area (Å²) in [6.07, 6.45) is 2.01. The van der Waals surface area contributed by atoms with E-state index in [9.17, 15) is 4.39 Å². The molecule has 0 aliphatic carbocycles. The van der Waals surface area contributed by atoms with Crippen molar-refractivity contribution in [1.29, 1.82) is 0 Å². The zero-order chi connectivity index (χ0) is 11.5. The summed E-state index contributed by atoms with van der Waals surface area (Å²) in [5.41, 5.74) is 0.612. The Morgan fingerprint density at radius 1 is 1.31 bits per heavy atom. The Bertz CT molecular complexity index is 376. The highest BCUT2D eigenvalue weighted by Gasteiger charge is 2.24. The van der Waals surface area contributed by atoms with Crippen LogP contribution in [0.2, 0.25) is 0 Å². The van der Waals surface area contributed by atoms with E-state index in [2.05, 4.69) is 5.32 Å². The third-order valence-electron chi connectivity index (χ3n) is 2.93. The number of benzene rings is 1. The first kappa shape index (κ1) is 11.2. The van der Waals surface area contributed by atoms with Gasteiger partial charge in [-0.25, -0.2) is 4.39 Å². The number of nitrogens with one attached hydrogen (secondary N) is 1. The molecule has 1 saturated heterocycles. The smallest absolute Gasteiger partial charge is 0.135 e. The van der Waals surface area contributed by atoms with Crippen molar-refractivity contribution in [3.63, 3.8) is 0 Å². The maximum Gasteiger partial charge on any atom is 0.135 e. The van der Waals surface area contributed by atoms with Crippen LogP contribution in [-0.2, 0) is 0 Å². The van der Waals surface area contributed by atoms with E-state index in [1.807, 2.05) is 0 Å². The molecular weight excluding hydrogens is 209 g/mol. The van der Waals surface area contributed by atoms with Gasteiger partial charge in [0.25, 0.3) is 0 Å². The molecule has 0 amide bonds. The molecule has 88 valence electrons. The maximum absolute atomic E-state index is 13.9. The van der Waals surface area contributed by atoms with Crippen LogP contribution in [-0.4, -0.2) is 20.8 Å². The zero-order valence-electron chi connectivity index (χ0n) is 9.55. The third-order valence-corrected chi connectivity index (χ3v) is 2.93. The van der Waals surface area contributed by atoms with E-state index in [4.69, 9.17) is 9.47 Å². The predicted molar refractivity (Wildman–Crippen MR) is 59.5 cm³/mol. The summed E-state index contributed by atoms with van der Waals surface area (Å²) in [6, 6.07) is 3.18. The minimum absolute atomic E-state index is 0.0563. The molecule has 1 fully saturated rings. The minimum Gasteiger partial charge on any atom is -0.497 e. The fourth-order valence-electron chi connectivity index (χ4n) is 2.12. The van der Waals surface area contributed by atoms with Gasteiger partial charge in [-0.3, -0.25) is 0 Å². The molecule has 0 saturated carbocycles. The van der Waals surface area contributed by atoms with Gasteiger partial charge in [0.15, 0.2) is 0 Å². The topological polar surface area (TPSA) is 30.5 Å². The van der Waals surface area contributed by atoms with Crippen molar-refractivity contribution < 1.29 is 13.9 Å². The Kier molecular flexibility index (Phi) is 3.29. The second-order valence-electron chi connectivity index (χ2n) is 3.87. The van der Waals surface area contributed by atoms with Crippen molar-refractivity contribution in [2.45, 2.75) is 18.9 Å². The summed E-state index contributed by atoms with van der Waals surface area (Å²) in [6.45, 7) is 0.930. The quantitative estimate of drug-likeness (QED) is 0.856. The van der Waals surface area contributed by atoms with Crippen LogP contribution in [0.5, 0.6) is 11.5 Å². The summed E-state index contributed by atoms with van der Waals surface area (Å²) in [5, 5.41) is 3.27. The molecular formula is C12H16FNO2. The maximum atomic E-state index is 13.9. The van der Waals surface area contributed by atoms with Gasteiger partial charge in [-0.1, -0.05) is 0 Å². The Morgan fingerprint density at radius 2 is 2.12 bits per heavy atom. The first-order valence-electron chi connectivity index (χ1n) is 5.41. The molecule has 2 rings (SSSR count). The Hall–Kier alpha value is -1.29. The van der Waals surface area contributed by atoms with Crippen LogP contribution >= 0.6 is 0 Å². The van der Waals surface area contributed by atoms with Crippen LogP contribution in [0, 0.1) is 5.82 Å². The molecule has 1 unspecified atom stereocenters. The zero-order valence-corrected chi connectivity index (χ0v) is 9.55. The first-order valence-corrected chi connectivity index (χ1v) is 5.41. The summed E-state index contributed by atoms with van der Waals surface area (Å²) < 4.78 is 24.2. The fourth-order valence-corrected chi connectivity index (χ4v) is 2.12. The lowest BCUT2D eigenvalue weighted by Gasteiger charge is -2.17. The molecule has 1 atom stereocenters. The van der Waals surface area contributed by atoms with Crippen molar-refractivity contribution >= 4 is 0 Å². The highest BCUT2D eigenvalue weighted by atomic mass is 19.1. The van der Waals surface area contributed by atoms with Gasteiger partial charge in [0, 0.05) is 23.7 Å². The van der Waals surface area contributed by atoms with E-state index in [1.54, 1.807) is 13.2 Å². The van der Waals surface area contributed by atoms with Crippen molar-refractivity contribution in [2.24, 2.45) is 0 Å². The van der Waals surface area contributed by atoms with Gasteiger partial charge in [-0.2, -0.15) is 0 Å². The molecule has 4 heteroatoms. The molecule has 1 heterocycles. The van der Waals surface area contributed by atoms with E-state index < -0.39 is 0 Å². The second-order valence-corrected chi connectivity index (χ2v) is 3.87. The van der Waals surface area contributed by atoms with Gasteiger partial charge >= 0.3 is 0 Å². The van der Waals surface area contributed by atoms with Crippen LogP contribution in [0.1, 0.15) is 24.4 Å². The summed E-state index contributed by atoms with van der Waals surface area (Å²) >= 11 is 0. The van der Waals surface area contributed by atoms with Crippen molar-refractivity contribution in [2.75, 3.05) is 20.8 Å². The number of ether oxygens (including phenoxy) is 2. The average molecular weight is 225 g/mol. The number of rotatable bonds is 3. The molecule has 3 nitrogen and oxygen atoms in total. The van der Waals surface area contributed by atoms with Crippen molar-refractivity contribution in [3.8, 4) is 11.5 Å². The third kappa shape index (κ3) is 1.97. The first-order chi connectivity index (χ1) is 7.76. The van der Waals surface area contributed by atoms with Crippen LogP contribution in [0.4, 0.5) is 4.39 Å². The van der Waals surface area contributed by atoms with E-state index >= 15 is 0 Å². The Labute approximate surface area is 94.6 Å². The van der Waals surface area contributed by atoms with Gasteiger partial charge in [-0.05, 0) is 19.4 Å². The standard InChI is InChI=1S/C12H16FNO2/c1-15-8-6-9(13)12(11(7-8)16-2)10-4-3-5-14-10/h6-7,10,14H,3-5H2,1-2H3. The van der Waals surface area contributed by atoms with Crippen LogP contribution in [0.3, 0.4) is 0 Å². The largest absolute Gasteiger partial charge is 0.497 e. The van der Waals surface area contributed by atoms with E-state index in [0.29, 0.717) is 17.1 Å². The van der Waals surface area contributed by atoms with Crippen LogP contribution < -0.4 is 14.8 Å². The van der Waals surface area contributed by atoms with Crippen LogP contribution in [0.25, 0.3) is 0 Å². The van der Waals surface area contributed by atoms with E-state index in [0.717, 1.165) is 19.4 Å². The fraction of sp³-hybridized carbons (Fsp3) is 0.500. The molecule has 0 spiro atoms. The molecule has 1 aliphatic heterocycles. The van der Waals surface area contributed by atoms with Crippen molar-refractivity contribution in [1.82, 2.24) is 5.32 Å². The summed E-state index contributed by atoms with van der Waals surface area (Å²) in [7, 11) is 3.06. The molecule has 0 aromatic heterocycles. The highest BCUT2D eigenvalue weighted by molar-refractivity contribution is 5.44. The number of hydrogen-bond acceptors (Lipinski definition) is 3. The number of methoxy groups -OCH3 is 2. The van der Waals surface area contributed by atoms with Gasteiger partial charge in [0.2, 0.25) is 0 Å². The molecule has 1 N–H and O–H groups in total. The number of halogens is 1. The summed E-state index contributed by atoms with van der Waals surface area (Å²) in [5.74, 6) is 0.767. The molecule has 0 bridgehead atoms. The average Bonchev–Trinajstić information content (AvgIpc) is 2.81. The molecule has 1 aliphatic rings. The second kappa shape index (κ2) is 4.70. The minimum atomic E-state index is -0.268. The molecule has 0 radical (unpaired) electrons. The van der Waals surface area contributed by atoms with Gasteiger partial charge in [0.1, 0.15) is 17.3 Å². The van der Waals surface area contributed by atoms with Gasteiger partial charge in [-0.15, -0.1) is 0 Å². The lowest BCUT2D eigenvalue weighted by molar-refractivity contribution is 0.377. The van der Waals surface area contributed by atoms with Crippen molar-refractivity contribution in [3.05, 3.63) is 23.5 Å². The predicted octanol–water partition coefficient (Wildman–Crippen LogP) is 2.27. The van der Waals surface area contributed by atoms with Gasteiger partial charge < -0.3 is 14.8 Å². The van der Waals surface area contributed by atoms with Crippen LogP contribution in [0.15, 0.2) is 12.1 Å². The van der Waals surface area contributed by atoms with E-state index in [-0.39, 0.29) is 11.9 Å². The molecule has 1 aromatic carbocycles. The van der Waals surface area contributed by atoms with E-state index in [1.165, 1.54) is 13.2 Å². The van der Waals surface area contributed by atoms with Gasteiger partial charge in [0.05, 0.1) is 14.2 Å². The summed E-state index contributed by atoms with van der Waals surface area (Å²) in [4.78, 5) is 0.